The van der Waals surface area contributed by atoms with E-state index >= 15 is 0 Å². The van der Waals surface area contributed by atoms with Crippen LogP contribution in [-0.2, 0) is 24.3 Å². The summed E-state index contributed by atoms with van der Waals surface area (Å²) in [5.74, 6) is 1.12. The van der Waals surface area contributed by atoms with Gasteiger partial charge in [0.25, 0.3) is 5.91 Å². The number of benzene rings is 2. The molecule has 146 valence electrons. The molecule has 0 aliphatic carbocycles. The third-order valence-electron chi connectivity index (χ3n) is 4.42. The Kier molecular flexibility index (Phi) is 6.34. The number of aromatic hydroxyl groups is 1. The van der Waals surface area contributed by atoms with Gasteiger partial charge in [0, 0.05) is 13.0 Å². The maximum Gasteiger partial charge on any atom is 0.252 e. The standard InChI is InChI=1S/C22H23NO5/c1-27-19-10-6-16(7-11-19)13-21(25)22(26)23(15-20-3-2-12-28-20)14-17-4-8-18(24)9-5-17/h2-12,21,24-25H,13-15H2,1H3. The summed E-state index contributed by atoms with van der Waals surface area (Å²) >= 11 is 0. The SMILES string of the molecule is COc1ccc(CC(O)C(=O)N(Cc2ccc(O)cc2)Cc2ccco2)cc1. The summed E-state index contributed by atoms with van der Waals surface area (Å²) in [5, 5.41) is 20.0. The zero-order valence-corrected chi connectivity index (χ0v) is 15.6. The fourth-order valence-corrected chi connectivity index (χ4v) is 2.91. The molecule has 1 heterocycles. The zero-order valence-electron chi connectivity index (χ0n) is 15.6. The minimum absolute atomic E-state index is 0.159. The molecule has 1 unspecified atom stereocenters. The number of ether oxygens (including phenoxy) is 1. The first-order valence-electron chi connectivity index (χ1n) is 8.95. The quantitative estimate of drug-likeness (QED) is 0.626. The molecule has 2 aromatic carbocycles. The number of carbonyl (C=O) groups is 1. The van der Waals surface area contributed by atoms with Crippen molar-refractivity contribution in [2.45, 2.75) is 25.6 Å². The number of carbonyl (C=O) groups excluding carboxylic acids is 1. The van der Waals surface area contributed by atoms with Crippen molar-refractivity contribution in [2.24, 2.45) is 0 Å². The number of aliphatic hydroxyl groups is 1. The maximum absolute atomic E-state index is 12.9. The second-order valence-electron chi connectivity index (χ2n) is 6.51. The summed E-state index contributed by atoms with van der Waals surface area (Å²) in [7, 11) is 1.59. The fourth-order valence-electron chi connectivity index (χ4n) is 2.91. The van der Waals surface area contributed by atoms with Gasteiger partial charge < -0.3 is 24.3 Å². The number of rotatable bonds is 8. The lowest BCUT2D eigenvalue weighted by atomic mass is 10.1. The predicted molar refractivity (Wildman–Crippen MR) is 104 cm³/mol. The van der Waals surface area contributed by atoms with Gasteiger partial charge in [-0.2, -0.15) is 0 Å². The van der Waals surface area contributed by atoms with E-state index < -0.39 is 6.10 Å². The molecular formula is C22H23NO5. The third-order valence-corrected chi connectivity index (χ3v) is 4.42. The van der Waals surface area contributed by atoms with E-state index in [9.17, 15) is 15.0 Å². The van der Waals surface area contributed by atoms with E-state index in [-0.39, 0.29) is 24.6 Å². The number of amides is 1. The molecule has 1 atom stereocenters. The molecular weight excluding hydrogens is 358 g/mol. The van der Waals surface area contributed by atoms with Crippen LogP contribution in [-0.4, -0.2) is 34.2 Å². The topological polar surface area (TPSA) is 83.1 Å². The molecule has 0 saturated carbocycles. The van der Waals surface area contributed by atoms with Crippen LogP contribution in [0.5, 0.6) is 11.5 Å². The van der Waals surface area contributed by atoms with Crippen molar-refractivity contribution in [3.63, 3.8) is 0 Å². The first kappa shape index (κ1) is 19.5. The zero-order chi connectivity index (χ0) is 19.9. The number of nitrogens with zero attached hydrogens (tertiary/aromatic N) is 1. The van der Waals surface area contributed by atoms with Crippen molar-refractivity contribution < 1.29 is 24.2 Å². The maximum atomic E-state index is 12.9. The van der Waals surface area contributed by atoms with E-state index in [4.69, 9.17) is 9.15 Å². The Bertz CT molecular complexity index is 872. The third kappa shape index (κ3) is 5.14. The van der Waals surface area contributed by atoms with Crippen LogP contribution in [0.3, 0.4) is 0 Å². The van der Waals surface area contributed by atoms with Gasteiger partial charge >= 0.3 is 0 Å². The summed E-state index contributed by atoms with van der Waals surface area (Å²) in [6.45, 7) is 0.534. The molecule has 0 spiro atoms. The number of hydrogen-bond donors (Lipinski definition) is 2. The van der Waals surface area contributed by atoms with Crippen LogP contribution in [0.1, 0.15) is 16.9 Å². The highest BCUT2D eigenvalue weighted by molar-refractivity contribution is 5.81. The Hall–Kier alpha value is -3.25. The number of furan rings is 1. The molecule has 6 heteroatoms. The number of phenols is 1. The van der Waals surface area contributed by atoms with E-state index in [0.717, 1.165) is 16.9 Å². The highest BCUT2D eigenvalue weighted by atomic mass is 16.5. The van der Waals surface area contributed by atoms with Crippen LogP contribution in [0.25, 0.3) is 0 Å². The predicted octanol–water partition coefficient (Wildman–Crippen LogP) is 3.13. The molecule has 1 amide bonds. The summed E-state index contributed by atoms with van der Waals surface area (Å²) < 4.78 is 10.5. The second kappa shape index (κ2) is 9.10. The first-order valence-corrected chi connectivity index (χ1v) is 8.95. The molecule has 0 bridgehead atoms. The van der Waals surface area contributed by atoms with Crippen LogP contribution in [0.2, 0.25) is 0 Å². The summed E-state index contributed by atoms with van der Waals surface area (Å²) in [6, 6.07) is 17.4. The normalized spacial score (nSPS) is 11.8. The van der Waals surface area contributed by atoms with Crippen LogP contribution in [0, 0.1) is 0 Å². The van der Waals surface area contributed by atoms with Crippen LogP contribution in [0.15, 0.2) is 71.3 Å². The molecule has 3 rings (SSSR count). The lowest BCUT2D eigenvalue weighted by Gasteiger charge is -2.25. The molecule has 1 aromatic heterocycles. The van der Waals surface area contributed by atoms with E-state index in [1.807, 2.05) is 12.1 Å². The second-order valence-corrected chi connectivity index (χ2v) is 6.51. The van der Waals surface area contributed by atoms with Crippen LogP contribution < -0.4 is 4.74 Å². The largest absolute Gasteiger partial charge is 0.508 e. The molecule has 0 aliphatic rings. The Labute approximate surface area is 163 Å². The van der Waals surface area contributed by atoms with Gasteiger partial charge in [-0.15, -0.1) is 0 Å². The van der Waals surface area contributed by atoms with E-state index in [1.165, 1.54) is 0 Å². The molecule has 3 aromatic rings. The Morgan fingerprint density at radius 3 is 2.32 bits per heavy atom. The Balaban J connectivity index is 1.72. The molecule has 0 radical (unpaired) electrons. The van der Waals surface area contributed by atoms with Crippen LogP contribution >= 0.6 is 0 Å². The lowest BCUT2D eigenvalue weighted by Crippen LogP contribution is -2.39. The van der Waals surface area contributed by atoms with Crippen molar-refractivity contribution in [1.29, 1.82) is 0 Å². The van der Waals surface area contributed by atoms with Crippen molar-refractivity contribution >= 4 is 5.91 Å². The Morgan fingerprint density at radius 1 is 1.04 bits per heavy atom. The molecule has 28 heavy (non-hydrogen) atoms. The van der Waals surface area contributed by atoms with Gasteiger partial charge in [-0.05, 0) is 47.5 Å². The van der Waals surface area contributed by atoms with Crippen molar-refractivity contribution in [3.05, 3.63) is 83.8 Å². The van der Waals surface area contributed by atoms with Gasteiger partial charge in [0.05, 0.1) is 19.9 Å². The average Bonchev–Trinajstić information content (AvgIpc) is 3.22. The number of phenolic OH excluding ortho intramolecular Hbond substituents is 1. The smallest absolute Gasteiger partial charge is 0.252 e. The molecule has 0 fully saturated rings. The lowest BCUT2D eigenvalue weighted by molar-refractivity contribution is -0.141. The molecule has 0 saturated heterocycles. The average molecular weight is 381 g/mol. The van der Waals surface area contributed by atoms with Gasteiger partial charge in [0.1, 0.15) is 23.4 Å². The number of hydrogen-bond acceptors (Lipinski definition) is 5. The monoisotopic (exact) mass is 381 g/mol. The fraction of sp³-hybridized carbons (Fsp3) is 0.227. The van der Waals surface area contributed by atoms with E-state index in [0.29, 0.717) is 12.3 Å². The van der Waals surface area contributed by atoms with Gasteiger partial charge in [-0.3, -0.25) is 4.79 Å². The number of aliphatic hydroxyl groups excluding tert-OH is 1. The summed E-state index contributed by atoms with van der Waals surface area (Å²) in [6.07, 6.45) is 0.569. The first-order chi connectivity index (χ1) is 13.5. The summed E-state index contributed by atoms with van der Waals surface area (Å²) in [4.78, 5) is 14.5. The molecule has 0 aliphatic heterocycles. The van der Waals surface area contributed by atoms with Gasteiger partial charge in [-0.1, -0.05) is 24.3 Å². The highest BCUT2D eigenvalue weighted by Crippen LogP contribution is 2.17. The summed E-state index contributed by atoms with van der Waals surface area (Å²) in [5.41, 5.74) is 1.68. The van der Waals surface area contributed by atoms with E-state index in [2.05, 4.69) is 0 Å². The van der Waals surface area contributed by atoms with Gasteiger partial charge in [0.2, 0.25) is 0 Å². The van der Waals surface area contributed by atoms with Crippen LogP contribution in [0.4, 0.5) is 0 Å². The number of methoxy groups -OCH3 is 1. The minimum atomic E-state index is -1.18. The van der Waals surface area contributed by atoms with Gasteiger partial charge in [0.15, 0.2) is 0 Å². The van der Waals surface area contributed by atoms with Crippen molar-refractivity contribution in [2.75, 3.05) is 7.11 Å². The van der Waals surface area contributed by atoms with Crippen molar-refractivity contribution in [3.8, 4) is 11.5 Å². The molecule has 2 N–H and O–H groups in total. The van der Waals surface area contributed by atoms with Crippen molar-refractivity contribution in [1.82, 2.24) is 4.90 Å². The van der Waals surface area contributed by atoms with Gasteiger partial charge in [-0.25, -0.2) is 0 Å². The molecule has 6 nitrogen and oxygen atoms in total. The minimum Gasteiger partial charge on any atom is -0.508 e. The highest BCUT2D eigenvalue weighted by Gasteiger charge is 2.24. The Morgan fingerprint density at radius 2 is 1.71 bits per heavy atom. The van der Waals surface area contributed by atoms with E-state index in [1.54, 1.807) is 66.8 Å².